The molecule has 4 rings (SSSR count). The smallest absolute Gasteiger partial charge is 0.134 e. The standard InChI is InChI=1S/C25H22F3N3O/c1-3-21(27)20-9-16(26)7-14(11-29)18(20)8-15-12-31-24(17-5-4-6-30-13(17)2)23-19(15)10-22(28)25(23)32/h4-7,9,12,21-22,25,32H,3,8,10H2,1-2H3. The first-order valence-electron chi connectivity index (χ1n) is 10.5. The highest BCUT2D eigenvalue weighted by atomic mass is 19.1. The number of nitriles is 1. The lowest BCUT2D eigenvalue weighted by molar-refractivity contribution is 0.0928. The molecule has 3 atom stereocenters. The van der Waals surface area contributed by atoms with Crippen LogP contribution in [0.3, 0.4) is 0 Å². The van der Waals surface area contributed by atoms with Crippen molar-refractivity contribution in [3.05, 3.63) is 81.6 Å². The van der Waals surface area contributed by atoms with Gasteiger partial charge in [0.2, 0.25) is 0 Å². The SMILES string of the molecule is CCC(F)c1cc(F)cc(C#N)c1Cc1cnc(-c2cccnc2C)c2c1CC(F)C2O. The minimum absolute atomic E-state index is 0.0219. The lowest BCUT2D eigenvalue weighted by atomic mass is 9.89. The van der Waals surface area contributed by atoms with Gasteiger partial charge in [-0.25, -0.2) is 13.2 Å². The Balaban J connectivity index is 1.88. The molecule has 32 heavy (non-hydrogen) atoms. The zero-order valence-electron chi connectivity index (χ0n) is 17.7. The maximum Gasteiger partial charge on any atom is 0.134 e. The molecule has 3 aromatic rings. The Labute approximate surface area is 184 Å². The average Bonchev–Trinajstić information content (AvgIpc) is 3.09. The van der Waals surface area contributed by atoms with Gasteiger partial charge in [-0.15, -0.1) is 0 Å². The van der Waals surface area contributed by atoms with E-state index in [1.807, 2.05) is 19.1 Å². The molecule has 0 aliphatic heterocycles. The normalized spacial score (nSPS) is 18.3. The number of rotatable bonds is 5. The Bertz CT molecular complexity index is 1220. The second-order valence-electron chi connectivity index (χ2n) is 8.01. The minimum atomic E-state index is -1.50. The van der Waals surface area contributed by atoms with Crippen LogP contribution in [-0.2, 0) is 12.8 Å². The molecule has 1 aliphatic carbocycles. The van der Waals surface area contributed by atoms with Crippen LogP contribution < -0.4 is 0 Å². The lowest BCUT2D eigenvalue weighted by Gasteiger charge is -2.18. The van der Waals surface area contributed by atoms with E-state index in [1.54, 1.807) is 25.4 Å². The number of hydrogen-bond acceptors (Lipinski definition) is 4. The maximum absolute atomic E-state index is 14.7. The highest BCUT2D eigenvalue weighted by Crippen LogP contribution is 2.42. The molecule has 1 aromatic carbocycles. The number of pyridine rings is 2. The number of fused-ring (bicyclic) bond motifs is 1. The van der Waals surface area contributed by atoms with Crippen LogP contribution in [0.1, 0.15) is 64.7 Å². The second kappa shape index (κ2) is 8.71. The van der Waals surface area contributed by atoms with E-state index < -0.39 is 24.3 Å². The average molecular weight is 437 g/mol. The first-order chi connectivity index (χ1) is 15.3. The van der Waals surface area contributed by atoms with E-state index in [-0.39, 0.29) is 30.4 Å². The highest BCUT2D eigenvalue weighted by molar-refractivity contribution is 5.69. The van der Waals surface area contributed by atoms with Gasteiger partial charge < -0.3 is 5.11 Å². The molecule has 2 aromatic heterocycles. The van der Waals surface area contributed by atoms with Gasteiger partial charge in [-0.1, -0.05) is 6.92 Å². The van der Waals surface area contributed by atoms with Crippen molar-refractivity contribution in [2.24, 2.45) is 0 Å². The van der Waals surface area contributed by atoms with Gasteiger partial charge in [-0.2, -0.15) is 5.26 Å². The van der Waals surface area contributed by atoms with Crippen molar-refractivity contribution < 1.29 is 18.3 Å². The molecule has 0 fully saturated rings. The lowest BCUT2D eigenvalue weighted by Crippen LogP contribution is -2.08. The molecule has 1 aliphatic rings. The summed E-state index contributed by atoms with van der Waals surface area (Å²) in [5.74, 6) is -0.679. The van der Waals surface area contributed by atoms with Gasteiger partial charge in [0.05, 0.1) is 17.3 Å². The van der Waals surface area contributed by atoms with Crippen molar-refractivity contribution in [2.45, 2.75) is 51.6 Å². The third kappa shape index (κ3) is 3.76. The van der Waals surface area contributed by atoms with Crippen LogP contribution in [0, 0.1) is 24.1 Å². The molecule has 7 heteroatoms. The van der Waals surface area contributed by atoms with Crippen molar-refractivity contribution in [3.8, 4) is 17.3 Å². The van der Waals surface area contributed by atoms with E-state index in [4.69, 9.17) is 0 Å². The number of aromatic nitrogens is 2. The number of hydrogen-bond donors (Lipinski definition) is 1. The van der Waals surface area contributed by atoms with Crippen molar-refractivity contribution in [1.82, 2.24) is 9.97 Å². The maximum atomic E-state index is 14.7. The van der Waals surface area contributed by atoms with Crippen LogP contribution in [0.25, 0.3) is 11.3 Å². The zero-order valence-corrected chi connectivity index (χ0v) is 17.7. The third-order valence-electron chi connectivity index (χ3n) is 6.05. The molecule has 0 saturated carbocycles. The molecule has 1 N–H and O–H groups in total. The Kier molecular flexibility index (Phi) is 5.98. The van der Waals surface area contributed by atoms with Gasteiger partial charge in [0, 0.05) is 42.1 Å². The molecule has 4 nitrogen and oxygen atoms in total. The minimum Gasteiger partial charge on any atom is -0.385 e. The van der Waals surface area contributed by atoms with Crippen molar-refractivity contribution >= 4 is 0 Å². The molecular formula is C25H22F3N3O. The Hall–Kier alpha value is -3.24. The van der Waals surface area contributed by atoms with Crippen molar-refractivity contribution in [1.29, 1.82) is 5.26 Å². The van der Waals surface area contributed by atoms with Crippen LogP contribution in [0.5, 0.6) is 0 Å². The predicted molar refractivity (Wildman–Crippen MR) is 114 cm³/mol. The van der Waals surface area contributed by atoms with E-state index in [9.17, 15) is 23.5 Å². The summed E-state index contributed by atoms with van der Waals surface area (Å²) in [6.45, 7) is 3.45. The number of aliphatic hydroxyl groups is 1. The van der Waals surface area contributed by atoms with Crippen molar-refractivity contribution in [2.75, 3.05) is 0 Å². The van der Waals surface area contributed by atoms with Crippen LogP contribution in [0.2, 0.25) is 0 Å². The topological polar surface area (TPSA) is 69.8 Å². The summed E-state index contributed by atoms with van der Waals surface area (Å²) in [4.78, 5) is 8.77. The predicted octanol–water partition coefficient (Wildman–Crippen LogP) is 5.40. The molecule has 0 bridgehead atoms. The Morgan fingerprint density at radius 2 is 2.09 bits per heavy atom. The first kappa shape index (κ1) is 22.0. The molecule has 3 unspecified atom stereocenters. The fourth-order valence-corrected chi connectivity index (χ4v) is 4.40. The number of aliphatic hydroxyl groups excluding tert-OH is 1. The van der Waals surface area contributed by atoms with Gasteiger partial charge >= 0.3 is 0 Å². The van der Waals surface area contributed by atoms with E-state index in [2.05, 4.69) is 9.97 Å². The number of alkyl halides is 2. The first-order valence-corrected chi connectivity index (χ1v) is 10.5. The van der Waals surface area contributed by atoms with E-state index in [1.165, 1.54) is 0 Å². The number of halogens is 3. The molecule has 0 amide bonds. The van der Waals surface area contributed by atoms with Gasteiger partial charge in [0.25, 0.3) is 0 Å². The number of benzene rings is 1. The van der Waals surface area contributed by atoms with E-state index >= 15 is 0 Å². The molecule has 0 radical (unpaired) electrons. The Morgan fingerprint density at radius 1 is 1.31 bits per heavy atom. The van der Waals surface area contributed by atoms with Gasteiger partial charge in [-0.05, 0) is 59.9 Å². The molecule has 0 spiro atoms. The highest BCUT2D eigenvalue weighted by Gasteiger charge is 2.36. The van der Waals surface area contributed by atoms with Crippen LogP contribution in [0.4, 0.5) is 13.2 Å². The van der Waals surface area contributed by atoms with E-state index in [0.717, 1.165) is 12.1 Å². The fourth-order valence-electron chi connectivity index (χ4n) is 4.40. The monoisotopic (exact) mass is 437 g/mol. The molecular weight excluding hydrogens is 415 g/mol. The van der Waals surface area contributed by atoms with Gasteiger partial charge in [0.15, 0.2) is 0 Å². The summed E-state index contributed by atoms with van der Waals surface area (Å²) in [6, 6.07) is 7.69. The van der Waals surface area contributed by atoms with Crippen LogP contribution >= 0.6 is 0 Å². The molecule has 2 heterocycles. The summed E-state index contributed by atoms with van der Waals surface area (Å²) in [7, 11) is 0. The number of nitrogens with zero attached hydrogens (tertiary/aromatic N) is 3. The quantitative estimate of drug-likeness (QED) is 0.580. The van der Waals surface area contributed by atoms with E-state index in [0.29, 0.717) is 39.2 Å². The summed E-state index contributed by atoms with van der Waals surface area (Å²) >= 11 is 0. The summed E-state index contributed by atoms with van der Waals surface area (Å²) in [5.41, 5.74) is 3.90. The summed E-state index contributed by atoms with van der Waals surface area (Å²) in [6.07, 6.45) is -0.892. The summed E-state index contributed by atoms with van der Waals surface area (Å²) < 4.78 is 43.3. The van der Waals surface area contributed by atoms with Gasteiger partial charge in [-0.3, -0.25) is 9.97 Å². The summed E-state index contributed by atoms with van der Waals surface area (Å²) in [5, 5.41) is 20.1. The number of aryl methyl sites for hydroxylation is 1. The Morgan fingerprint density at radius 3 is 2.78 bits per heavy atom. The molecule has 0 saturated heterocycles. The third-order valence-corrected chi connectivity index (χ3v) is 6.05. The zero-order chi connectivity index (χ0) is 23.0. The van der Waals surface area contributed by atoms with Crippen molar-refractivity contribution in [3.63, 3.8) is 0 Å². The van der Waals surface area contributed by atoms with Crippen LogP contribution in [-0.4, -0.2) is 21.2 Å². The van der Waals surface area contributed by atoms with Gasteiger partial charge in [0.1, 0.15) is 24.3 Å². The largest absolute Gasteiger partial charge is 0.385 e. The fraction of sp³-hybridized carbons (Fsp3) is 0.320. The van der Waals surface area contributed by atoms with Crippen LogP contribution in [0.15, 0.2) is 36.7 Å². The second-order valence-corrected chi connectivity index (χ2v) is 8.01. The molecule has 164 valence electrons.